The van der Waals surface area contributed by atoms with Gasteiger partial charge in [0.15, 0.2) is 5.82 Å². The van der Waals surface area contributed by atoms with E-state index in [1.165, 1.54) is 48.7 Å². The van der Waals surface area contributed by atoms with Crippen LogP contribution in [0.5, 0.6) is 0 Å². The van der Waals surface area contributed by atoms with Crippen LogP contribution in [0, 0.1) is 0 Å². The molecule has 0 bridgehead atoms. The zero-order chi connectivity index (χ0) is 29.0. The summed E-state index contributed by atoms with van der Waals surface area (Å²) in [6, 6.07) is 56.2. The van der Waals surface area contributed by atoms with E-state index in [9.17, 15) is 0 Å². The molecule has 0 aliphatic rings. The van der Waals surface area contributed by atoms with Gasteiger partial charge in [-0.3, -0.25) is 0 Å². The average Bonchev–Trinajstić information content (AvgIpc) is 3.11. The highest BCUT2D eigenvalue weighted by Crippen LogP contribution is 2.41. The van der Waals surface area contributed by atoms with Crippen LogP contribution in [-0.2, 0) is 0 Å². The Morgan fingerprint density at radius 2 is 0.955 bits per heavy atom. The van der Waals surface area contributed by atoms with E-state index in [0.717, 1.165) is 39.1 Å². The van der Waals surface area contributed by atoms with E-state index >= 15 is 0 Å². The van der Waals surface area contributed by atoms with Crippen molar-refractivity contribution in [3.63, 3.8) is 0 Å². The molecule has 0 saturated carbocycles. The smallest absolute Gasteiger partial charge is 0.160 e. The van der Waals surface area contributed by atoms with Crippen LogP contribution in [0.3, 0.4) is 0 Å². The maximum Gasteiger partial charge on any atom is 0.160 e. The fourth-order valence-electron chi connectivity index (χ4n) is 6.75. The Hall–Kier alpha value is -5.86. The van der Waals surface area contributed by atoms with E-state index in [-0.39, 0.29) is 0 Å². The number of aromatic nitrogens is 2. The lowest BCUT2D eigenvalue weighted by Gasteiger charge is -2.15. The Bertz CT molecular complexity index is 2530. The minimum absolute atomic E-state index is 0.731. The molecule has 2 nitrogen and oxygen atoms in total. The summed E-state index contributed by atoms with van der Waals surface area (Å²) in [7, 11) is 0. The SMILES string of the molecule is c1ccc(-c2nc(-c3ccccc3)c3ccc(-c4cc5c(ccc6ccc7ccccc7c65)c5ccccc45)cc3n2)cc1. The molecule has 44 heavy (non-hydrogen) atoms. The summed E-state index contributed by atoms with van der Waals surface area (Å²) in [6.07, 6.45) is 0. The van der Waals surface area contributed by atoms with Crippen molar-refractivity contribution in [3.8, 4) is 33.8 Å². The van der Waals surface area contributed by atoms with Crippen LogP contribution in [0.25, 0.3) is 87.8 Å². The van der Waals surface area contributed by atoms with Crippen LogP contribution >= 0.6 is 0 Å². The summed E-state index contributed by atoms with van der Waals surface area (Å²) >= 11 is 0. The van der Waals surface area contributed by atoms with Crippen molar-refractivity contribution in [1.82, 2.24) is 9.97 Å². The molecule has 0 amide bonds. The summed E-state index contributed by atoms with van der Waals surface area (Å²) in [4.78, 5) is 10.2. The van der Waals surface area contributed by atoms with E-state index in [0.29, 0.717) is 0 Å². The Kier molecular flexibility index (Phi) is 5.54. The van der Waals surface area contributed by atoms with Gasteiger partial charge in [0, 0.05) is 16.5 Å². The summed E-state index contributed by atoms with van der Waals surface area (Å²) < 4.78 is 0. The van der Waals surface area contributed by atoms with Crippen molar-refractivity contribution in [2.45, 2.75) is 0 Å². The molecule has 0 aliphatic carbocycles. The Morgan fingerprint density at radius 1 is 0.341 bits per heavy atom. The van der Waals surface area contributed by atoms with Gasteiger partial charge in [-0.25, -0.2) is 9.97 Å². The van der Waals surface area contributed by atoms with Crippen molar-refractivity contribution in [3.05, 3.63) is 158 Å². The average molecular weight is 559 g/mol. The number of nitrogens with zero attached hydrogens (tertiary/aromatic N) is 2. The second-order valence-electron chi connectivity index (χ2n) is 11.4. The normalized spacial score (nSPS) is 11.6. The summed E-state index contributed by atoms with van der Waals surface area (Å²) in [5.41, 5.74) is 6.32. The van der Waals surface area contributed by atoms with Crippen LogP contribution in [0.1, 0.15) is 0 Å². The van der Waals surface area contributed by atoms with Gasteiger partial charge in [0.25, 0.3) is 0 Å². The number of benzene rings is 8. The number of hydrogen-bond donors (Lipinski definition) is 0. The van der Waals surface area contributed by atoms with Crippen LogP contribution in [0.4, 0.5) is 0 Å². The Morgan fingerprint density at radius 3 is 1.77 bits per heavy atom. The Labute approximate surface area is 254 Å². The zero-order valence-electron chi connectivity index (χ0n) is 23.9. The summed E-state index contributed by atoms with van der Waals surface area (Å²) in [5, 5.41) is 11.2. The van der Waals surface area contributed by atoms with Crippen molar-refractivity contribution < 1.29 is 0 Å². The summed E-state index contributed by atoms with van der Waals surface area (Å²) in [5.74, 6) is 0.731. The second kappa shape index (κ2) is 9.86. The molecule has 8 aromatic carbocycles. The van der Waals surface area contributed by atoms with Crippen molar-refractivity contribution in [1.29, 1.82) is 0 Å². The second-order valence-corrected chi connectivity index (χ2v) is 11.4. The van der Waals surface area contributed by atoms with Crippen molar-refractivity contribution in [2.75, 3.05) is 0 Å². The van der Waals surface area contributed by atoms with Gasteiger partial charge in [-0.15, -0.1) is 0 Å². The van der Waals surface area contributed by atoms with E-state index in [1.807, 2.05) is 24.3 Å². The van der Waals surface area contributed by atoms with E-state index in [1.54, 1.807) is 0 Å². The molecule has 1 heterocycles. The maximum atomic E-state index is 5.14. The fourth-order valence-corrected chi connectivity index (χ4v) is 6.75. The first kappa shape index (κ1) is 24.7. The molecule has 0 N–H and O–H groups in total. The molecule has 2 heteroatoms. The molecule has 0 atom stereocenters. The lowest BCUT2D eigenvalue weighted by Crippen LogP contribution is -1.96. The predicted octanol–water partition coefficient (Wildman–Crippen LogP) is 11.2. The third kappa shape index (κ3) is 3.89. The first-order chi connectivity index (χ1) is 21.8. The lowest BCUT2D eigenvalue weighted by atomic mass is 9.89. The minimum Gasteiger partial charge on any atom is -0.228 e. The number of rotatable bonds is 3. The minimum atomic E-state index is 0.731. The molecule has 0 radical (unpaired) electrons. The van der Waals surface area contributed by atoms with Gasteiger partial charge in [0.05, 0.1) is 11.2 Å². The van der Waals surface area contributed by atoms with Gasteiger partial charge < -0.3 is 0 Å². The monoisotopic (exact) mass is 558 g/mol. The maximum absolute atomic E-state index is 5.14. The first-order valence-electron chi connectivity index (χ1n) is 15.0. The predicted molar refractivity (Wildman–Crippen MR) is 186 cm³/mol. The van der Waals surface area contributed by atoms with E-state index < -0.39 is 0 Å². The van der Waals surface area contributed by atoms with Crippen molar-refractivity contribution in [2.24, 2.45) is 0 Å². The van der Waals surface area contributed by atoms with Crippen LogP contribution in [0.15, 0.2) is 158 Å². The van der Waals surface area contributed by atoms with Gasteiger partial charge in [-0.05, 0) is 72.4 Å². The third-order valence-corrected chi connectivity index (χ3v) is 8.83. The Balaban J connectivity index is 1.36. The molecule has 9 rings (SSSR count). The van der Waals surface area contributed by atoms with Gasteiger partial charge in [0.2, 0.25) is 0 Å². The molecular formula is C42H26N2. The molecular weight excluding hydrogens is 532 g/mol. The molecule has 0 fully saturated rings. The highest BCUT2D eigenvalue weighted by molar-refractivity contribution is 6.26. The molecule has 204 valence electrons. The molecule has 1 aromatic heterocycles. The number of hydrogen-bond acceptors (Lipinski definition) is 2. The standard InChI is InChI=1S/C42H26N2/c1-3-12-29(13-4-1)41-36-24-22-31(25-39(36)43-42(44-41)30-14-5-2-6-15-30)37-26-38-35(33-17-9-10-18-34(33)37)23-21-28-20-19-27-11-7-8-16-32(27)40(28)38/h1-26H. The van der Waals surface area contributed by atoms with E-state index in [2.05, 4.69) is 133 Å². The zero-order valence-corrected chi connectivity index (χ0v) is 23.9. The van der Waals surface area contributed by atoms with Gasteiger partial charge in [-0.1, -0.05) is 140 Å². The van der Waals surface area contributed by atoms with Crippen LogP contribution in [-0.4, -0.2) is 9.97 Å². The first-order valence-corrected chi connectivity index (χ1v) is 15.0. The van der Waals surface area contributed by atoms with Gasteiger partial charge in [-0.2, -0.15) is 0 Å². The molecule has 0 saturated heterocycles. The molecule has 0 aliphatic heterocycles. The van der Waals surface area contributed by atoms with Gasteiger partial charge in [0.1, 0.15) is 0 Å². The topological polar surface area (TPSA) is 25.8 Å². The van der Waals surface area contributed by atoms with Crippen LogP contribution < -0.4 is 0 Å². The fraction of sp³-hybridized carbons (Fsp3) is 0. The largest absolute Gasteiger partial charge is 0.228 e. The van der Waals surface area contributed by atoms with Gasteiger partial charge >= 0.3 is 0 Å². The van der Waals surface area contributed by atoms with Crippen LogP contribution in [0.2, 0.25) is 0 Å². The highest BCUT2D eigenvalue weighted by atomic mass is 14.9. The lowest BCUT2D eigenvalue weighted by molar-refractivity contribution is 1.23. The highest BCUT2D eigenvalue weighted by Gasteiger charge is 2.16. The quantitative estimate of drug-likeness (QED) is 0.202. The molecule has 0 spiro atoms. The number of fused-ring (bicyclic) bond motifs is 8. The van der Waals surface area contributed by atoms with E-state index in [4.69, 9.17) is 9.97 Å². The third-order valence-electron chi connectivity index (χ3n) is 8.83. The summed E-state index contributed by atoms with van der Waals surface area (Å²) in [6.45, 7) is 0. The molecule has 0 unspecified atom stereocenters. The van der Waals surface area contributed by atoms with Crippen molar-refractivity contribution >= 4 is 54.0 Å². The molecule has 9 aromatic rings.